The highest BCUT2D eigenvalue weighted by molar-refractivity contribution is 7.88. The van der Waals surface area contributed by atoms with E-state index in [1.165, 1.54) is 17.7 Å². The molecule has 1 N–H and O–H groups in total. The minimum absolute atomic E-state index is 0.175. The second kappa shape index (κ2) is 6.44. The number of nitrogens with one attached hydrogen (secondary N) is 1. The maximum absolute atomic E-state index is 12.3. The van der Waals surface area contributed by atoms with E-state index in [-0.39, 0.29) is 11.9 Å². The van der Waals surface area contributed by atoms with Gasteiger partial charge in [0, 0.05) is 19.1 Å². The van der Waals surface area contributed by atoms with Gasteiger partial charge in [0.1, 0.15) is 5.75 Å². The van der Waals surface area contributed by atoms with Crippen LogP contribution in [0.15, 0.2) is 24.3 Å². The zero-order valence-corrected chi connectivity index (χ0v) is 13.0. The summed E-state index contributed by atoms with van der Waals surface area (Å²) in [4.78, 5) is 12.3. The summed E-state index contributed by atoms with van der Waals surface area (Å²) in [6, 6.07) is 6.79. The van der Waals surface area contributed by atoms with Crippen LogP contribution in [0.3, 0.4) is 0 Å². The van der Waals surface area contributed by atoms with E-state index >= 15 is 0 Å². The molecule has 6 nitrogen and oxygen atoms in total. The molecule has 21 heavy (non-hydrogen) atoms. The Balaban J connectivity index is 2.06. The third-order valence-electron chi connectivity index (χ3n) is 3.54. The highest BCUT2D eigenvalue weighted by Crippen LogP contribution is 2.18. The Morgan fingerprint density at radius 3 is 2.76 bits per heavy atom. The van der Waals surface area contributed by atoms with E-state index in [1.54, 1.807) is 24.3 Å². The van der Waals surface area contributed by atoms with Gasteiger partial charge in [0.2, 0.25) is 10.0 Å². The molecule has 1 aliphatic rings. The van der Waals surface area contributed by atoms with E-state index in [4.69, 9.17) is 4.74 Å². The molecule has 7 heteroatoms. The predicted molar refractivity (Wildman–Crippen MR) is 79.9 cm³/mol. The smallest absolute Gasteiger partial charge is 0.255 e. The van der Waals surface area contributed by atoms with Crippen LogP contribution in [0.1, 0.15) is 23.2 Å². The fourth-order valence-corrected chi connectivity index (χ4v) is 3.37. The molecule has 1 aromatic rings. The van der Waals surface area contributed by atoms with Crippen LogP contribution in [-0.2, 0) is 10.0 Å². The first kappa shape index (κ1) is 15.8. The van der Waals surface area contributed by atoms with E-state index in [0.717, 1.165) is 12.8 Å². The number of hydrogen-bond donors (Lipinski definition) is 1. The predicted octanol–water partition coefficient (Wildman–Crippen LogP) is 0.849. The maximum atomic E-state index is 12.3. The van der Waals surface area contributed by atoms with Gasteiger partial charge in [0.25, 0.3) is 5.91 Å². The summed E-state index contributed by atoms with van der Waals surface area (Å²) in [6.07, 6.45) is 2.70. The quantitative estimate of drug-likeness (QED) is 0.894. The first-order valence-electron chi connectivity index (χ1n) is 6.81. The number of carbonyl (C=O) groups excluding carboxylic acids is 1. The van der Waals surface area contributed by atoms with E-state index in [2.05, 4.69) is 5.32 Å². The van der Waals surface area contributed by atoms with Gasteiger partial charge in [-0.15, -0.1) is 0 Å². The lowest BCUT2D eigenvalue weighted by molar-refractivity contribution is 0.0918. The maximum Gasteiger partial charge on any atom is 0.255 e. The number of ether oxygens (including phenoxy) is 1. The molecule has 1 aromatic carbocycles. The van der Waals surface area contributed by atoms with Crippen molar-refractivity contribution in [2.45, 2.75) is 18.9 Å². The van der Waals surface area contributed by atoms with Crippen LogP contribution in [0.4, 0.5) is 0 Å². The highest BCUT2D eigenvalue weighted by atomic mass is 32.2. The van der Waals surface area contributed by atoms with Crippen molar-refractivity contribution < 1.29 is 17.9 Å². The van der Waals surface area contributed by atoms with Crippen LogP contribution in [-0.4, -0.2) is 51.1 Å². The number of methoxy groups -OCH3 is 1. The average Bonchev–Trinajstić information content (AvgIpc) is 2.46. The molecule has 0 aromatic heterocycles. The summed E-state index contributed by atoms with van der Waals surface area (Å²) in [5.41, 5.74) is 0.455. The van der Waals surface area contributed by atoms with Crippen LogP contribution in [0.25, 0.3) is 0 Å². The second-order valence-electron chi connectivity index (χ2n) is 5.13. The van der Waals surface area contributed by atoms with Gasteiger partial charge in [-0.2, -0.15) is 0 Å². The summed E-state index contributed by atoms with van der Waals surface area (Å²) in [7, 11) is -1.70. The van der Waals surface area contributed by atoms with Crippen LogP contribution in [0, 0.1) is 0 Å². The largest absolute Gasteiger partial charge is 0.496 e. The Kier molecular flexibility index (Phi) is 4.84. The minimum Gasteiger partial charge on any atom is -0.496 e. The molecular formula is C14H20N2O4S. The van der Waals surface area contributed by atoms with E-state index in [9.17, 15) is 13.2 Å². The fraction of sp³-hybridized carbons (Fsp3) is 0.500. The van der Waals surface area contributed by atoms with Gasteiger partial charge in [-0.1, -0.05) is 12.1 Å². The SMILES string of the molecule is COc1ccccc1C(=O)NC1CCCN(S(C)(=O)=O)C1. The van der Waals surface area contributed by atoms with Gasteiger partial charge >= 0.3 is 0 Å². The van der Waals surface area contributed by atoms with Crippen molar-refractivity contribution >= 4 is 15.9 Å². The summed E-state index contributed by atoms with van der Waals surface area (Å²) in [5.74, 6) is 0.263. The highest BCUT2D eigenvalue weighted by Gasteiger charge is 2.27. The Bertz CT molecular complexity index is 615. The summed E-state index contributed by atoms with van der Waals surface area (Å²) in [6.45, 7) is 0.833. The van der Waals surface area contributed by atoms with Gasteiger partial charge in [-0.25, -0.2) is 12.7 Å². The molecule has 0 radical (unpaired) electrons. The molecule has 1 aliphatic heterocycles. The molecule has 1 atom stereocenters. The van der Waals surface area contributed by atoms with Gasteiger partial charge in [-0.05, 0) is 25.0 Å². The minimum atomic E-state index is -3.21. The number of nitrogens with zero attached hydrogens (tertiary/aromatic N) is 1. The van der Waals surface area contributed by atoms with Crippen molar-refractivity contribution in [3.63, 3.8) is 0 Å². The van der Waals surface area contributed by atoms with E-state index in [0.29, 0.717) is 24.4 Å². The number of benzene rings is 1. The molecule has 1 amide bonds. The summed E-state index contributed by atoms with van der Waals surface area (Å²) in [5, 5.41) is 2.89. The van der Waals surface area contributed by atoms with Crippen molar-refractivity contribution in [3.8, 4) is 5.75 Å². The van der Waals surface area contributed by atoms with Crippen molar-refractivity contribution in [1.29, 1.82) is 0 Å². The van der Waals surface area contributed by atoms with Crippen molar-refractivity contribution in [3.05, 3.63) is 29.8 Å². The van der Waals surface area contributed by atoms with Crippen molar-refractivity contribution in [2.24, 2.45) is 0 Å². The third kappa shape index (κ3) is 3.95. The van der Waals surface area contributed by atoms with Crippen LogP contribution >= 0.6 is 0 Å². The van der Waals surface area contributed by atoms with Crippen LogP contribution < -0.4 is 10.1 Å². The van der Waals surface area contributed by atoms with Gasteiger partial charge in [0.05, 0.1) is 18.9 Å². The number of rotatable bonds is 4. The fourth-order valence-electron chi connectivity index (χ4n) is 2.46. The monoisotopic (exact) mass is 312 g/mol. The van der Waals surface area contributed by atoms with Gasteiger partial charge < -0.3 is 10.1 Å². The van der Waals surface area contributed by atoms with Crippen LogP contribution in [0.2, 0.25) is 0 Å². The number of amides is 1. The van der Waals surface area contributed by atoms with Gasteiger partial charge in [-0.3, -0.25) is 4.79 Å². The molecule has 0 spiro atoms. The number of para-hydroxylation sites is 1. The number of sulfonamides is 1. The second-order valence-corrected chi connectivity index (χ2v) is 7.12. The lowest BCUT2D eigenvalue weighted by Crippen LogP contribution is -2.49. The summed E-state index contributed by atoms with van der Waals surface area (Å²) >= 11 is 0. The number of carbonyl (C=O) groups is 1. The Morgan fingerprint density at radius 1 is 1.38 bits per heavy atom. The zero-order chi connectivity index (χ0) is 15.5. The molecule has 116 valence electrons. The summed E-state index contributed by atoms with van der Waals surface area (Å²) < 4.78 is 29.7. The first-order chi connectivity index (χ1) is 9.91. The van der Waals surface area contributed by atoms with Crippen molar-refractivity contribution in [2.75, 3.05) is 26.5 Å². The number of hydrogen-bond acceptors (Lipinski definition) is 4. The lowest BCUT2D eigenvalue weighted by Gasteiger charge is -2.31. The van der Waals surface area contributed by atoms with E-state index < -0.39 is 10.0 Å². The molecule has 2 rings (SSSR count). The average molecular weight is 312 g/mol. The standard InChI is InChI=1S/C14H20N2O4S/c1-20-13-8-4-3-7-12(13)14(17)15-11-6-5-9-16(10-11)21(2,18)19/h3-4,7-8,11H,5-6,9-10H2,1-2H3,(H,15,17). The molecule has 1 unspecified atom stereocenters. The van der Waals surface area contributed by atoms with E-state index in [1.807, 2.05) is 0 Å². The molecule has 0 bridgehead atoms. The molecule has 0 aliphatic carbocycles. The van der Waals surface area contributed by atoms with Gasteiger partial charge in [0.15, 0.2) is 0 Å². The first-order valence-corrected chi connectivity index (χ1v) is 8.65. The molecule has 1 heterocycles. The number of piperidine rings is 1. The molecule has 1 saturated heterocycles. The molecule has 1 fully saturated rings. The van der Waals surface area contributed by atoms with Crippen LogP contribution in [0.5, 0.6) is 5.75 Å². The normalized spacial score (nSPS) is 20.0. The topological polar surface area (TPSA) is 75.7 Å². The molecular weight excluding hydrogens is 292 g/mol. The Morgan fingerprint density at radius 2 is 2.10 bits per heavy atom. The zero-order valence-electron chi connectivity index (χ0n) is 12.2. The Hall–Kier alpha value is -1.60. The third-order valence-corrected chi connectivity index (χ3v) is 4.81. The van der Waals surface area contributed by atoms with Crippen molar-refractivity contribution in [1.82, 2.24) is 9.62 Å². The molecule has 0 saturated carbocycles. The lowest BCUT2D eigenvalue weighted by atomic mass is 10.1. The Labute approximate surface area is 125 Å².